The van der Waals surface area contributed by atoms with Crippen molar-refractivity contribution in [3.8, 4) is 0 Å². The molecule has 0 bridgehead atoms. The molecule has 1 N–H and O–H groups in total. The SMILES string of the molecule is Cc1cc(Br)c(NC(=O)CN2CCN(c3nccs3)CC2)c(Br)c1. The van der Waals surface area contributed by atoms with Gasteiger partial charge in [0.05, 0.1) is 12.2 Å². The molecule has 0 saturated carbocycles. The summed E-state index contributed by atoms with van der Waals surface area (Å²) in [4.78, 5) is 21.2. The zero-order valence-electron chi connectivity index (χ0n) is 13.3. The molecular formula is C16H18Br2N4OS. The van der Waals surface area contributed by atoms with Crippen LogP contribution in [0, 0.1) is 6.92 Å². The minimum atomic E-state index is 0.00273. The lowest BCUT2D eigenvalue weighted by molar-refractivity contribution is -0.117. The van der Waals surface area contributed by atoms with E-state index in [0.29, 0.717) is 6.54 Å². The van der Waals surface area contributed by atoms with Crippen LogP contribution in [0.25, 0.3) is 0 Å². The van der Waals surface area contributed by atoms with Gasteiger partial charge < -0.3 is 10.2 Å². The summed E-state index contributed by atoms with van der Waals surface area (Å²) in [6.45, 7) is 5.95. The minimum Gasteiger partial charge on any atom is -0.346 e. The molecule has 2 heterocycles. The van der Waals surface area contributed by atoms with Gasteiger partial charge in [0.15, 0.2) is 5.13 Å². The Labute approximate surface area is 162 Å². The molecule has 1 aromatic carbocycles. The van der Waals surface area contributed by atoms with Gasteiger partial charge in [0.25, 0.3) is 0 Å². The highest BCUT2D eigenvalue weighted by Gasteiger charge is 2.21. The van der Waals surface area contributed by atoms with Crippen LogP contribution in [0.2, 0.25) is 0 Å². The molecule has 1 saturated heterocycles. The number of thiazole rings is 1. The van der Waals surface area contributed by atoms with Gasteiger partial charge in [-0.05, 0) is 56.5 Å². The van der Waals surface area contributed by atoms with E-state index < -0.39 is 0 Å². The van der Waals surface area contributed by atoms with Crippen LogP contribution in [0.5, 0.6) is 0 Å². The van der Waals surface area contributed by atoms with Gasteiger partial charge in [0.1, 0.15) is 0 Å². The molecule has 24 heavy (non-hydrogen) atoms. The van der Waals surface area contributed by atoms with Crippen molar-refractivity contribution in [2.45, 2.75) is 6.92 Å². The lowest BCUT2D eigenvalue weighted by atomic mass is 10.2. The second kappa shape index (κ2) is 7.95. The minimum absolute atomic E-state index is 0.00273. The van der Waals surface area contributed by atoms with Gasteiger partial charge in [-0.1, -0.05) is 0 Å². The Morgan fingerprint density at radius 2 is 1.92 bits per heavy atom. The van der Waals surface area contributed by atoms with Crippen LogP contribution < -0.4 is 10.2 Å². The van der Waals surface area contributed by atoms with Crippen LogP contribution in [0.4, 0.5) is 10.8 Å². The average Bonchev–Trinajstić information content (AvgIpc) is 3.06. The third kappa shape index (κ3) is 4.36. The molecule has 3 rings (SSSR count). The van der Waals surface area contributed by atoms with Crippen molar-refractivity contribution in [2.24, 2.45) is 0 Å². The number of aromatic nitrogens is 1. The number of anilines is 2. The summed E-state index contributed by atoms with van der Waals surface area (Å²) in [5.74, 6) is 0.00273. The second-order valence-electron chi connectivity index (χ2n) is 5.73. The van der Waals surface area contributed by atoms with E-state index in [4.69, 9.17) is 0 Å². The summed E-state index contributed by atoms with van der Waals surface area (Å²) < 4.78 is 1.77. The number of benzene rings is 1. The van der Waals surface area contributed by atoms with Gasteiger partial charge in [0, 0.05) is 46.7 Å². The smallest absolute Gasteiger partial charge is 0.238 e. The fourth-order valence-corrected chi connectivity index (χ4v) is 4.98. The lowest BCUT2D eigenvalue weighted by Crippen LogP contribution is -2.48. The zero-order valence-corrected chi connectivity index (χ0v) is 17.2. The Bertz CT molecular complexity index is 692. The Hall–Kier alpha value is -0.960. The Morgan fingerprint density at radius 3 is 2.50 bits per heavy atom. The molecule has 0 unspecified atom stereocenters. The average molecular weight is 474 g/mol. The molecule has 128 valence electrons. The largest absolute Gasteiger partial charge is 0.346 e. The third-order valence-corrected chi connectivity index (χ3v) is 5.96. The van der Waals surface area contributed by atoms with Gasteiger partial charge in [-0.15, -0.1) is 11.3 Å². The van der Waals surface area contributed by atoms with Crippen LogP contribution in [0.15, 0.2) is 32.7 Å². The monoisotopic (exact) mass is 472 g/mol. The van der Waals surface area contributed by atoms with Gasteiger partial charge in [0.2, 0.25) is 5.91 Å². The van der Waals surface area contributed by atoms with Crippen molar-refractivity contribution in [1.82, 2.24) is 9.88 Å². The van der Waals surface area contributed by atoms with Crippen molar-refractivity contribution in [3.05, 3.63) is 38.2 Å². The van der Waals surface area contributed by atoms with Crippen molar-refractivity contribution < 1.29 is 4.79 Å². The van der Waals surface area contributed by atoms with E-state index in [1.807, 2.05) is 30.6 Å². The predicted octanol–water partition coefficient (Wildman–Crippen LogP) is 3.74. The first-order chi connectivity index (χ1) is 11.5. The fraction of sp³-hybridized carbons (Fsp3) is 0.375. The topological polar surface area (TPSA) is 48.5 Å². The molecule has 0 radical (unpaired) electrons. The summed E-state index contributed by atoms with van der Waals surface area (Å²) in [6, 6.07) is 3.99. The Balaban J connectivity index is 1.53. The van der Waals surface area contributed by atoms with Gasteiger partial charge in [-0.3, -0.25) is 9.69 Å². The molecule has 0 aliphatic carbocycles. The number of nitrogens with one attached hydrogen (secondary N) is 1. The van der Waals surface area contributed by atoms with E-state index >= 15 is 0 Å². The summed E-state index contributed by atoms with van der Waals surface area (Å²) in [7, 11) is 0. The van der Waals surface area contributed by atoms with Crippen LogP contribution in [0.3, 0.4) is 0 Å². The van der Waals surface area contributed by atoms with E-state index in [0.717, 1.165) is 51.5 Å². The van der Waals surface area contributed by atoms with Gasteiger partial charge in [-0.2, -0.15) is 0 Å². The predicted molar refractivity (Wildman–Crippen MR) is 106 cm³/mol. The standard InChI is InChI=1S/C16H18Br2N4OS/c1-11-8-12(17)15(13(18)9-11)20-14(23)10-21-3-5-22(6-4-21)16-19-2-7-24-16/h2,7-9H,3-6,10H2,1H3,(H,20,23). The van der Waals surface area contributed by atoms with E-state index in [-0.39, 0.29) is 5.91 Å². The molecule has 0 spiro atoms. The Morgan fingerprint density at radius 1 is 1.25 bits per heavy atom. The first-order valence-electron chi connectivity index (χ1n) is 7.65. The molecule has 2 aromatic rings. The number of rotatable bonds is 4. The van der Waals surface area contributed by atoms with Crippen LogP contribution in [-0.2, 0) is 4.79 Å². The van der Waals surface area contributed by atoms with Gasteiger partial charge >= 0.3 is 0 Å². The summed E-state index contributed by atoms with van der Waals surface area (Å²) in [6.07, 6.45) is 1.83. The highest BCUT2D eigenvalue weighted by atomic mass is 79.9. The Kier molecular flexibility index (Phi) is 5.91. The number of amides is 1. The second-order valence-corrected chi connectivity index (χ2v) is 8.31. The van der Waals surface area contributed by atoms with Crippen molar-refractivity contribution in [1.29, 1.82) is 0 Å². The van der Waals surface area contributed by atoms with Crippen molar-refractivity contribution >= 4 is 59.9 Å². The van der Waals surface area contributed by atoms with Crippen molar-refractivity contribution in [2.75, 3.05) is 42.9 Å². The fourth-order valence-electron chi connectivity index (χ4n) is 2.67. The van der Waals surface area contributed by atoms with E-state index in [1.54, 1.807) is 11.3 Å². The summed E-state index contributed by atoms with van der Waals surface area (Å²) >= 11 is 8.68. The normalized spacial score (nSPS) is 15.5. The van der Waals surface area contributed by atoms with E-state index in [9.17, 15) is 4.79 Å². The van der Waals surface area contributed by atoms with Crippen LogP contribution >= 0.6 is 43.2 Å². The maximum atomic E-state index is 12.4. The molecule has 1 aromatic heterocycles. The van der Waals surface area contributed by atoms with Gasteiger partial charge in [-0.25, -0.2) is 4.98 Å². The number of nitrogens with zero attached hydrogens (tertiary/aromatic N) is 3. The maximum absolute atomic E-state index is 12.4. The lowest BCUT2D eigenvalue weighted by Gasteiger charge is -2.34. The number of hydrogen-bond acceptors (Lipinski definition) is 5. The first-order valence-corrected chi connectivity index (χ1v) is 10.1. The number of carbonyl (C=O) groups excluding carboxylic acids is 1. The third-order valence-electron chi connectivity index (χ3n) is 3.88. The number of hydrogen-bond donors (Lipinski definition) is 1. The van der Waals surface area contributed by atoms with Crippen molar-refractivity contribution in [3.63, 3.8) is 0 Å². The molecule has 1 aliphatic heterocycles. The van der Waals surface area contributed by atoms with E-state index in [1.165, 1.54) is 0 Å². The van der Waals surface area contributed by atoms with E-state index in [2.05, 4.69) is 52.0 Å². The summed E-state index contributed by atoms with van der Waals surface area (Å²) in [5, 5.41) is 6.05. The first kappa shape index (κ1) is 17.8. The molecule has 1 amide bonds. The van der Waals surface area contributed by atoms with Crippen LogP contribution in [0.1, 0.15) is 5.56 Å². The maximum Gasteiger partial charge on any atom is 0.238 e. The number of aryl methyl sites for hydroxylation is 1. The molecular weight excluding hydrogens is 456 g/mol. The number of piperazine rings is 1. The molecule has 1 aliphatic rings. The molecule has 1 fully saturated rings. The number of halogens is 2. The zero-order chi connectivity index (χ0) is 17.1. The molecule has 5 nitrogen and oxygen atoms in total. The quantitative estimate of drug-likeness (QED) is 0.734. The van der Waals surface area contributed by atoms with Crippen LogP contribution in [-0.4, -0.2) is 48.5 Å². The molecule has 0 atom stereocenters. The number of carbonyl (C=O) groups is 1. The highest BCUT2D eigenvalue weighted by molar-refractivity contribution is 9.11. The summed E-state index contributed by atoms with van der Waals surface area (Å²) in [5.41, 5.74) is 1.91. The highest BCUT2D eigenvalue weighted by Crippen LogP contribution is 2.32. The molecule has 8 heteroatoms.